The van der Waals surface area contributed by atoms with E-state index in [1.807, 2.05) is 25.1 Å². The molecule has 0 bridgehead atoms. The fraction of sp³-hybridized carbons (Fsp3) is 0.333. The Bertz CT molecular complexity index is 661. The first-order chi connectivity index (χ1) is 10.0. The van der Waals surface area contributed by atoms with Crippen molar-refractivity contribution in [2.75, 3.05) is 13.7 Å². The molecule has 0 saturated heterocycles. The quantitative estimate of drug-likeness (QED) is 0.849. The largest absolute Gasteiger partial charge is 0.480 e. The maximum absolute atomic E-state index is 12.1. The number of ether oxygens (including phenoxy) is 1. The number of nitrogens with one attached hydrogen (secondary N) is 1. The third-order valence-corrected chi connectivity index (χ3v) is 3.18. The van der Waals surface area contributed by atoms with Crippen molar-refractivity contribution in [3.8, 4) is 0 Å². The first-order valence-corrected chi connectivity index (χ1v) is 6.54. The molecule has 2 aromatic rings. The van der Waals surface area contributed by atoms with E-state index in [1.165, 1.54) is 7.11 Å². The molecule has 0 saturated carbocycles. The lowest BCUT2D eigenvalue weighted by atomic mass is 10.2. The third-order valence-electron chi connectivity index (χ3n) is 3.18. The maximum Gasteiger partial charge on any atom is 0.326 e. The van der Waals surface area contributed by atoms with E-state index in [9.17, 15) is 9.59 Å². The fourth-order valence-electron chi connectivity index (χ4n) is 2.04. The van der Waals surface area contributed by atoms with Crippen molar-refractivity contribution in [3.63, 3.8) is 0 Å². The van der Waals surface area contributed by atoms with Crippen molar-refractivity contribution in [1.29, 1.82) is 0 Å². The molecule has 0 radical (unpaired) electrons. The number of carboxylic acids is 1. The smallest absolute Gasteiger partial charge is 0.326 e. The van der Waals surface area contributed by atoms with Crippen LogP contribution in [0.2, 0.25) is 0 Å². The first-order valence-electron chi connectivity index (χ1n) is 6.54. The molecule has 1 amide bonds. The normalized spacial score (nSPS) is 12.3. The van der Waals surface area contributed by atoms with Crippen LogP contribution in [-0.4, -0.2) is 36.7 Å². The number of benzene rings is 1. The maximum atomic E-state index is 12.1. The van der Waals surface area contributed by atoms with E-state index in [0.29, 0.717) is 5.58 Å². The number of hydrogen-bond acceptors (Lipinski definition) is 4. The second-order valence-electron chi connectivity index (χ2n) is 4.75. The van der Waals surface area contributed by atoms with Crippen LogP contribution in [0.15, 0.2) is 28.7 Å². The zero-order valence-corrected chi connectivity index (χ0v) is 11.9. The number of para-hydroxylation sites is 1. The lowest BCUT2D eigenvalue weighted by Crippen LogP contribution is -2.41. The minimum absolute atomic E-state index is 0.1000. The summed E-state index contributed by atoms with van der Waals surface area (Å²) in [6, 6.07) is 6.18. The van der Waals surface area contributed by atoms with E-state index in [4.69, 9.17) is 14.3 Å². The second kappa shape index (κ2) is 6.41. The molecule has 1 atom stereocenters. The van der Waals surface area contributed by atoms with Gasteiger partial charge in [-0.05, 0) is 18.6 Å². The van der Waals surface area contributed by atoms with Gasteiger partial charge in [-0.2, -0.15) is 0 Å². The standard InChI is InChI=1S/C15H17NO5/c1-9-4-3-5-10-8-12(21-13(9)10)14(17)16-11(15(18)19)6-7-20-2/h3-5,8,11H,6-7H2,1-2H3,(H,16,17)(H,18,19). The number of hydrogen-bond donors (Lipinski definition) is 2. The van der Waals surface area contributed by atoms with Gasteiger partial charge in [-0.3, -0.25) is 4.79 Å². The number of methoxy groups -OCH3 is 1. The summed E-state index contributed by atoms with van der Waals surface area (Å²) in [7, 11) is 1.47. The summed E-state index contributed by atoms with van der Waals surface area (Å²) in [6.07, 6.45) is 0.191. The molecule has 0 aliphatic carbocycles. The Hall–Kier alpha value is -2.34. The number of rotatable bonds is 6. The molecule has 1 aromatic carbocycles. The number of aryl methyl sites for hydroxylation is 1. The molecule has 0 aliphatic rings. The Balaban J connectivity index is 2.17. The van der Waals surface area contributed by atoms with E-state index < -0.39 is 17.9 Å². The van der Waals surface area contributed by atoms with Gasteiger partial charge in [0.1, 0.15) is 11.6 Å². The van der Waals surface area contributed by atoms with Crippen LogP contribution in [-0.2, 0) is 9.53 Å². The highest BCUT2D eigenvalue weighted by Gasteiger charge is 2.22. The average Bonchev–Trinajstić information content (AvgIpc) is 2.88. The van der Waals surface area contributed by atoms with Crippen LogP contribution in [0.1, 0.15) is 22.5 Å². The zero-order valence-electron chi connectivity index (χ0n) is 11.9. The van der Waals surface area contributed by atoms with Crippen molar-refractivity contribution >= 4 is 22.8 Å². The predicted octanol–water partition coefficient (Wildman–Crippen LogP) is 1.96. The van der Waals surface area contributed by atoms with E-state index in [0.717, 1.165) is 10.9 Å². The summed E-state index contributed by atoms with van der Waals surface area (Å²) in [4.78, 5) is 23.2. The number of fused-ring (bicyclic) bond motifs is 1. The summed E-state index contributed by atoms with van der Waals surface area (Å²) in [5, 5.41) is 12.3. The Labute approximate surface area is 121 Å². The lowest BCUT2D eigenvalue weighted by Gasteiger charge is -2.12. The number of carbonyl (C=O) groups is 2. The first kappa shape index (κ1) is 15.1. The highest BCUT2D eigenvalue weighted by molar-refractivity contribution is 5.98. The van der Waals surface area contributed by atoms with Gasteiger partial charge in [-0.1, -0.05) is 18.2 Å². The van der Waals surface area contributed by atoms with Gasteiger partial charge in [0, 0.05) is 25.5 Å². The number of carbonyl (C=O) groups excluding carboxylic acids is 1. The topological polar surface area (TPSA) is 88.8 Å². The predicted molar refractivity (Wildman–Crippen MR) is 76.3 cm³/mol. The molecule has 2 rings (SSSR count). The van der Waals surface area contributed by atoms with Crippen LogP contribution in [0.4, 0.5) is 0 Å². The van der Waals surface area contributed by atoms with Gasteiger partial charge < -0.3 is 19.6 Å². The van der Waals surface area contributed by atoms with Gasteiger partial charge in [0.15, 0.2) is 5.76 Å². The van der Waals surface area contributed by atoms with Crippen molar-refractivity contribution < 1.29 is 23.8 Å². The monoisotopic (exact) mass is 291 g/mol. The van der Waals surface area contributed by atoms with E-state index in [2.05, 4.69) is 5.32 Å². The number of furan rings is 1. The second-order valence-corrected chi connectivity index (χ2v) is 4.75. The molecule has 6 nitrogen and oxygen atoms in total. The molecule has 1 unspecified atom stereocenters. The molecule has 0 spiro atoms. The van der Waals surface area contributed by atoms with Crippen LogP contribution >= 0.6 is 0 Å². The summed E-state index contributed by atoms with van der Waals surface area (Å²) in [5.74, 6) is -1.55. The van der Waals surface area contributed by atoms with Crippen molar-refractivity contribution in [1.82, 2.24) is 5.32 Å². The molecular weight excluding hydrogens is 274 g/mol. The van der Waals surface area contributed by atoms with Gasteiger partial charge in [0.2, 0.25) is 0 Å². The van der Waals surface area contributed by atoms with Crippen LogP contribution in [0.5, 0.6) is 0 Å². The molecule has 0 fully saturated rings. The number of aliphatic carboxylic acids is 1. The Morgan fingerprint density at radius 2 is 2.19 bits per heavy atom. The van der Waals surface area contributed by atoms with Gasteiger partial charge in [0.05, 0.1) is 0 Å². The van der Waals surface area contributed by atoms with Gasteiger partial charge in [-0.15, -0.1) is 0 Å². The van der Waals surface area contributed by atoms with Crippen LogP contribution in [0.25, 0.3) is 11.0 Å². The Morgan fingerprint density at radius 3 is 2.81 bits per heavy atom. The van der Waals surface area contributed by atoms with Crippen molar-refractivity contribution in [3.05, 3.63) is 35.6 Å². The van der Waals surface area contributed by atoms with Crippen LogP contribution in [0, 0.1) is 6.92 Å². The molecular formula is C15H17NO5. The molecule has 1 heterocycles. The Morgan fingerprint density at radius 1 is 1.43 bits per heavy atom. The summed E-state index contributed by atoms with van der Waals surface area (Å²) in [5.41, 5.74) is 1.55. The summed E-state index contributed by atoms with van der Waals surface area (Å²) >= 11 is 0. The summed E-state index contributed by atoms with van der Waals surface area (Å²) in [6.45, 7) is 2.13. The minimum Gasteiger partial charge on any atom is -0.480 e. The third kappa shape index (κ3) is 3.41. The van der Waals surface area contributed by atoms with Gasteiger partial charge in [0.25, 0.3) is 5.91 Å². The van der Waals surface area contributed by atoms with Crippen molar-refractivity contribution in [2.24, 2.45) is 0 Å². The molecule has 0 aliphatic heterocycles. The highest BCUT2D eigenvalue weighted by atomic mass is 16.5. The lowest BCUT2D eigenvalue weighted by molar-refractivity contribution is -0.139. The van der Waals surface area contributed by atoms with Gasteiger partial charge >= 0.3 is 5.97 Å². The van der Waals surface area contributed by atoms with Crippen LogP contribution in [0.3, 0.4) is 0 Å². The molecule has 2 N–H and O–H groups in total. The molecule has 112 valence electrons. The fourth-order valence-corrected chi connectivity index (χ4v) is 2.04. The van der Waals surface area contributed by atoms with Gasteiger partial charge in [-0.25, -0.2) is 4.79 Å². The highest BCUT2D eigenvalue weighted by Crippen LogP contribution is 2.22. The minimum atomic E-state index is -1.10. The van der Waals surface area contributed by atoms with E-state index in [-0.39, 0.29) is 18.8 Å². The number of amides is 1. The van der Waals surface area contributed by atoms with E-state index in [1.54, 1.807) is 6.07 Å². The van der Waals surface area contributed by atoms with Crippen LogP contribution < -0.4 is 5.32 Å². The Kier molecular flexibility index (Phi) is 4.59. The average molecular weight is 291 g/mol. The molecule has 1 aromatic heterocycles. The SMILES string of the molecule is COCCC(NC(=O)c1cc2cccc(C)c2o1)C(=O)O. The number of carboxylic acid groups (broad SMARTS) is 1. The van der Waals surface area contributed by atoms with Crippen molar-refractivity contribution in [2.45, 2.75) is 19.4 Å². The molecule has 6 heteroatoms. The molecule has 21 heavy (non-hydrogen) atoms. The zero-order chi connectivity index (χ0) is 15.4. The summed E-state index contributed by atoms with van der Waals surface area (Å²) < 4.78 is 10.3. The van der Waals surface area contributed by atoms with E-state index >= 15 is 0 Å².